The number of aliphatic carboxylic acids is 2. The molecule has 0 radical (unpaired) electrons. The van der Waals surface area contributed by atoms with Crippen molar-refractivity contribution in [3.8, 4) is 0 Å². The van der Waals surface area contributed by atoms with E-state index >= 15 is 0 Å². The first-order chi connectivity index (χ1) is 17.4. The molecule has 202 valence electrons. The third-order valence-electron chi connectivity index (χ3n) is 5.59. The molecule has 2 aromatic rings. The Hall–Kier alpha value is -4.01. The molecule has 1 aromatic carbocycles. The van der Waals surface area contributed by atoms with Crippen LogP contribution in [0.3, 0.4) is 0 Å². The number of benzene rings is 1. The first-order valence-electron chi connectivity index (χ1n) is 11.4. The SMILES string of the molecule is CC(O)C(NC(=O)C(CO)NC(=O)C(CCC(=O)O)NC(=O)C(N)Cc1c[nH]c2ccccc12)C(=O)O. The van der Waals surface area contributed by atoms with Crippen LogP contribution >= 0.6 is 0 Å². The number of hydrogen-bond donors (Lipinski definition) is 9. The van der Waals surface area contributed by atoms with Gasteiger partial charge in [-0.15, -0.1) is 0 Å². The number of amides is 3. The van der Waals surface area contributed by atoms with Crippen LogP contribution in [0.25, 0.3) is 10.9 Å². The summed E-state index contributed by atoms with van der Waals surface area (Å²) in [4.78, 5) is 63.3. The zero-order chi connectivity index (χ0) is 27.7. The molecule has 1 aromatic heterocycles. The van der Waals surface area contributed by atoms with Crippen LogP contribution in [0.1, 0.15) is 25.3 Å². The van der Waals surface area contributed by atoms with Crippen molar-refractivity contribution in [2.75, 3.05) is 6.61 Å². The minimum Gasteiger partial charge on any atom is -0.481 e. The summed E-state index contributed by atoms with van der Waals surface area (Å²) in [6, 6.07) is 1.50. The lowest BCUT2D eigenvalue weighted by Gasteiger charge is -2.24. The summed E-state index contributed by atoms with van der Waals surface area (Å²) in [5.41, 5.74) is 7.64. The number of aromatic nitrogens is 1. The number of para-hydroxylation sites is 1. The maximum Gasteiger partial charge on any atom is 0.328 e. The number of fused-ring (bicyclic) bond motifs is 1. The molecule has 0 fully saturated rings. The van der Waals surface area contributed by atoms with Gasteiger partial charge >= 0.3 is 11.9 Å². The molecule has 0 aliphatic carbocycles. The largest absolute Gasteiger partial charge is 0.481 e. The van der Waals surface area contributed by atoms with E-state index in [0.29, 0.717) is 0 Å². The van der Waals surface area contributed by atoms with Gasteiger partial charge in [-0.3, -0.25) is 19.2 Å². The van der Waals surface area contributed by atoms with Gasteiger partial charge in [0, 0.05) is 23.5 Å². The summed E-state index contributed by atoms with van der Waals surface area (Å²) >= 11 is 0. The first kappa shape index (κ1) is 29.2. The lowest BCUT2D eigenvalue weighted by Crippen LogP contribution is -2.59. The first-order valence-corrected chi connectivity index (χ1v) is 11.4. The van der Waals surface area contributed by atoms with Crippen molar-refractivity contribution in [1.29, 1.82) is 0 Å². The normalized spacial score (nSPS) is 15.1. The van der Waals surface area contributed by atoms with Crippen LogP contribution in [0.4, 0.5) is 0 Å². The van der Waals surface area contributed by atoms with E-state index in [-0.39, 0.29) is 12.8 Å². The van der Waals surface area contributed by atoms with E-state index in [1.54, 1.807) is 6.20 Å². The summed E-state index contributed by atoms with van der Waals surface area (Å²) < 4.78 is 0. The van der Waals surface area contributed by atoms with Crippen molar-refractivity contribution in [3.63, 3.8) is 0 Å². The Morgan fingerprint density at radius 3 is 2.19 bits per heavy atom. The number of carboxylic acids is 2. The molecular weight excluding hydrogens is 490 g/mol. The molecule has 14 heteroatoms. The number of carbonyl (C=O) groups is 5. The van der Waals surface area contributed by atoms with Crippen LogP contribution in [0, 0.1) is 0 Å². The predicted molar refractivity (Wildman–Crippen MR) is 129 cm³/mol. The number of aliphatic hydroxyl groups excluding tert-OH is 2. The van der Waals surface area contributed by atoms with Gasteiger partial charge in [0.05, 0.1) is 18.8 Å². The topological polar surface area (TPSA) is 244 Å². The molecule has 0 saturated heterocycles. The molecule has 5 unspecified atom stereocenters. The van der Waals surface area contributed by atoms with Crippen molar-refractivity contribution in [2.24, 2.45) is 5.73 Å². The molecule has 0 spiro atoms. The molecule has 0 aliphatic rings. The van der Waals surface area contributed by atoms with E-state index in [0.717, 1.165) is 23.4 Å². The highest BCUT2D eigenvalue weighted by Gasteiger charge is 2.32. The molecule has 10 N–H and O–H groups in total. The number of hydrogen-bond acceptors (Lipinski definition) is 8. The molecule has 1 heterocycles. The van der Waals surface area contributed by atoms with Crippen molar-refractivity contribution in [2.45, 2.75) is 56.5 Å². The number of nitrogens with one attached hydrogen (secondary N) is 4. The maximum absolute atomic E-state index is 12.8. The number of carboxylic acid groups (broad SMARTS) is 2. The van der Waals surface area contributed by atoms with Crippen LogP contribution in [0.2, 0.25) is 0 Å². The Kier molecular flexibility index (Phi) is 10.5. The Labute approximate surface area is 211 Å². The fourth-order valence-electron chi connectivity index (χ4n) is 3.55. The number of aliphatic hydroxyl groups is 2. The van der Waals surface area contributed by atoms with Crippen LogP contribution in [-0.4, -0.2) is 91.9 Å². The fraction of sp³-hybridized carbons (Fsp3) is 0.435. The van der Waals surface area contributed by atoms with Gasteiger partial charge in [0.15, 0.2) is 6.04 Å². The lowest BCUT2D eigenvalue weighted by atomic mass is 10.0. The van der Waals surface area contributed by atoms with Crippen LogP contribution in [0.15, 0.2) is 30.5 Å². The van der Waals surface area contributed by atoms with Gasteiger partial charge < -0.3 is 47.1 Å². The standard InChI is InChI=1S/C23H31N5O9/c1-11(30)19(23(36)37)28-22(35)17(10-29)27-21(34)16(6-7-18(31)32)26-20(33)14(24)8-12-9-25-15-5-3-2-4-13(12)15/h2-5,9,11,14,16-17,19,25,29-30H,6-8,10,24H2,1H3,(H,26,33)(H,27,34)(H,28,35)(H,31,32)(H,36,37). The number of H-pyrrole nitrogens is 1. The molecule has 0 saturated carbocycles. The zero-order valence-electron chi connectivity index (χ0n) is 20.0. The van der Waals surface area contributed by atoms with Gasteiger partial charge in [0.25, 0.3) is 0 Å². The highest BCUT2D eigenvalue weighted by molar-refractivity contribution is 5.94. The molecular formula is C23H31N5O9. The quantitative estimate of drug-likeness (QED) is 0.130. The second kappa shape index (κ2) is 13.3. The number of carbonyl (C=O) groups excluding carboxylic acids is 3. The van der Waals surface area contributed by atoms with Crippen molar-refractivity contribution in [1.82, 2.24) is 20.9 Å². The lowest BCUT2D eigenvalue weighted by molar-refractivity contribution is -0.145. The van der Waals surface area contributed by atoms with Crippen molar-refractivity contribution in [3.05, 3.63) is 36.0 Å². The highest BCUT2D eigenvalue weighted by atomic mass is 16.4. The molecule has 14 nitrogen and oxygen atoms in total. The molecule has 2 rings (SSSR count). The Bertz CT molecular complexity index is 1130. The summed E-state index contributed by atoms with van der Waals surface area (Å²) in [7, 11) is 0. The summed E-state index contributed by atoms with van der Waals surface area (Å²) in [6.45, 7) is 0.186. The minimum atomic E-state index is -1.71. The van der Waals surface area contributed by atoms with E-state index in [1.165, 1.54) is 0 Å². The van der Waals surface area contributed by atoms with Gasteiger partial charge in [0.1, 0.15) is 12.1 Å². The number of nitrogens with two attached hydrogens (primary N) is 1. The average Bonchev–Trinajstić information content (AvgIpc) is 3.25. The number of rotatable bonds is 14. The fourth-order valence-corrected chi connectivity index (χ4v) is 3.55. The highest BCUT2D eigenvalue weighted by Crippen LogP contribution is 2.18. The smallest absolute Gasteiger partial charge is 0.328 e. The van der Waals surface area contributed by atoms with Crippen molar-refractivity contribution < 1.29 is 44.4 Å². The van der Waals surface area contributed by atoms with E-state index < -0.39 is 73.0 Å². The minimum absolute atomic E-state index is 0.112. The molecule has 0 aliphatic heterocycles. The summed E-state index contributed by atoms with van der Waals surface area (Å²) in [5.74, 6) is -5.63. The third kappa shape index (κ3) is 8.27. The molecule has 0 bridgehead atoms. The van der Waals surface area contributed by atoms with Crippen LogP contribution < -0.4 is 21.7 Å². The predicted octanol–water partition coefficient (Wildman–Crippen LogP) is -2.19. The maximum atomic E-state index is 12.8. The average molecular weight is 522 g/mol. The van der Waals surface area contributed by atoms with Crippen LogP contribution in [0.5, 0.6) is 0 Å². The van der Waals surface area contributed by atoms with Gasteiger partial charge in [-0.1, -0.05) is 18.2 Å². The van der Waals surface area contributed by atoms with Gasteiger partial charge in [-0.05, 0) is 31.4 Å². The molecule has 5 atom stereocenters. The van der Waals surface area contributed by atoms with Gasteiger partial charge in [-0.25, -0.2) is 4.79 Å². The van der Waals surface area contributed by atoms with E-state index in [9.17, 15) is 34.2 Å². The second-order valence-corrected chi connectivity index (χ2v) is 8.47. The van der Waals surface area contributed by atoms with Gasteiger partial charge in [-0.2, -0.15) is 0 Å². The molecule has 3 amide bonds. The van der Waals surface area contributed by atoms with Gasteiger partial charge in [0.2, 0.25) is 17.7 Å². The third-order valence-corrected chi connectivity index (χ3v) is 5.59. The summed E-state index contributed by atoms with van der Waals surface area (Å²) in [5, 5.41) is 44.6. The van der Waals surface area contributed by atoms with Crippen molar-refractivity contribution >= 4 is 40.6 Å². The molecule has 37 heavy (non-hydrogen) atoms. The van der Waals surface area contributed by atoms with E-state index in [2.05, 4.69) is 15.6 Å². The number of aromatic amines is 1. The van der Waals surface area contributed by atoms with Crippen LogP contribution in [-0.2, 0) is 30.4 Å². The van der Waals surface area contributed by atoms with E-state index in [4.69, 9.17) is 15.9 Å². The second-order valence-electron chi connectivity index (χ2n) is 8.47. The van der Waals surface area contributed by atoms with E-state index in [1.807, 2.05) is 29.6 Å². The Balaban J connectivity index is 2.09. The summed E-state index contributed by atoms with van der Waals surface area (Å²) in [6.07, 6.45) is -0.514. The Morgan fingerprint density at radius 1 is 0.973 bits per heavy atom. The Morgan fingerprint density at radius 2 is 1.59 bits per heavy atom. The zero-order valence-corrected chi connectivity index (χ0v) is 20.0. The monoisotopic (exact) mass is 521 g/mol.